The number of rotatable bonds is 1. The number of hydrogen-bond acceptors (Lipinski definition) is 3. The van der Waals surface area contributed by atoms with Gasteiger partial charge >= 0.3 is 0 Å². The van der Waals surface area contributed by atoms with Gasteiger partial charge in [0, 0.05) is 12.7 Å². The normalized spacial score (nSPS) is 16.6. The van der Waals surface area contributed by atoms with E-state index in [0.29, 0.717) is 0 Å². The Balaban J connectivity index is 2.28. The van der Waals surface area contributed by atoms with Gasteiger partial charge in [-0.05, 0) is 0 Å². The van der Waals surface area contributed by atoms with Crippen molar-refractivity contribution in [1.29, 1.82) is 0 Å². The van der Waals surface area contributed by atoms with Gasteiger partial charge in [-0.15, -0.1) is 0 Å². The molecule has 1 aromatic rings. The molecule has 0 aliphatic carbocycles. The van der Waals surface area contributed by atoms with Crippen LogP contribution in [-0.2, 0) is 0 Å². The first-order valence-corrected chi connectivity index (χ1v) is 3.17. The molecule has 0 atom stereocenters. The lowest BCUT2D eigenvalue weighted by Gasteiger charge is -1.93. The lowest BCUT2D eigenvalue weighted by molar-refractivity contribution is 0.959. The first-order valence-electron chi connectivity index (χ1n) is 3.17. The fourth-order valence-electron chi connectivity index (χ4n) is 0.916. The quantitative estimate of drug-likeness (QED) is 0.548. The molecule has 0 unspecified atom stereocenters. The van der Waals surface area contributed by atoms with Gasteiger partial charge in [0.05, 0.1) is 6.54 Å². The maximum Gasteiger partial charge on any atom is 0.174 e. The molecule has 0 saturated carbocycles. The molecule has 2 N–H and O–H groups in total. The Morgan fingerprint density at radius 3 is 3.20 bits per heavy atom. The summed E-state index contributed by atoms with van der Waals surface area (Å²) >= 11 is 0. The number of nitrogens with zero attached hydrogens (tertiary/aromatic N) is 2. The van der Waals surface area contributed by atoms with Crippen LogP contribution in [0, 0.1) is 6.33 Å². The third-order valence-corrected chi connectivity index (χ3v) is 1.37. The molecule has 0 bridgehead atoms. The summed E-state index contributed by atoms with van der Waals surface area (Å²) in [6.45, 7) is 1.77. The third kappa shape index (κ3) is 0.775. The largest absolute Gasteiger partial charge is 0.367 e. The van der Waals surface area contributed by atoms with Crippen LogP contribution >= 0.6 is 0 Å². The molecular formula is C6H7N4. The van der Waals surface area contributed by atoms with Crippen LogP contribution < -0.4 is 5.32 Å². The zero-order chi connectivity index (χ0) is 6.81. The van der Waals surface area contributed by atoms with E-state index in [0.717, 1.165) is 24.6 Å². The Hall–Kier alpha value is -1.32. The first kappa shape index (κ1) is 5.46. The molecule has 0 saturated heterocycles. The molecule has 0 amide bonds. The molecule has 1 radical (unpaired) electrons. The van der Waals surface area contributed by atoms with E-state index in [9.17, 15) is 0 Å². The number of amidine groups is 1. The van der Waals surface area contributed by atoms with E-state index in [1.165, 1.54) is 0 Å². The van der Waals surface area contributed by atoms with Gasteiger partial charge < -0.3 is 10.3 Å². The van der Waals surface area contributed by atoms with Crippen LogP contribution in [0.4, 0.5) is 0 Å². The molecule has 1 aromatic heterocycles. The summed E-state index contributed by atoms with van der Waals surface area (Å²) in [4.78, 5) is 10.9. The zero-order valence-electron chi connectivity index (χ0n) is 5.39. The van der Waals surface area contributed by atoms with Gasteiger partial charge in [-0.1, -0.05) is 0 Å². The number of aromatic amines is 1. The summed E-state index contributed by atoms with van der Waals surface area (Å²) in [5, 5.41) is 3.11. The van der Waals surface area contributed by atoms with Crippen molar-refractivity contribution in [2.45, 2.75) is 0 Å². The monoisotopic (exact) mass is 135 g/mol. The Morgan fingerprint density at radius 2 is 2.60 bits per heavy atom. The maximum atomic E-state index is 4.18. The summed E-state index contributed by atoms with van der Waals surface area (Å²) in [5.74, 6) is 0.873. The Kier molecular flexibility index (Phi) is 1.16. The minimum atomic E-state index is 0.845. The van der Waals surface area contributed by atoms with Gasteiger partial charge in [0.1, 0.15) is 11.5 Å². The molecule has 51 valence electrons. The Morgan fingerprint density at radius 1 is 1.60 bits per heavy atom. The summed E-state index contributed by atoms with van der Waals surface area (Å²) in [5.41, 5.74) is 0.845. The van der Waals surface area contributed by atoms with Crippen LogP contribution in [0.5, 0.6) is 0 Å². The highest BCUT2D eigenvalue weighted by Crippen LogP contribution is 1.95. The van der Waals surface area contributed by atoms with Crippen molar-refractivity contribution >= 4 is 5.84 Å². The molecule has 0 fully saturated rings. The standard InChI is InChI=1S/C6H7N4/c1-2-9-6(8-1)5-3-7-4-10-5/h3H,1-2H2,(H,7,10)(H,8,9). The van der Waals surface area contributed by atoms with E-state index in [1.54, 1.807) is 6.20 Å². The second-order valence-corrected chi connectivity index (χ2v) is 2.05. The molecule has 4 nitrogen and oxygen atoms in total. The lowest BCUT2D eigenvalue weighted by atomic mass is 10.4. The highest BCUT2D eigenvalue weighted by Gasteiger charge is 2.08. The minimum Gasteiger partial charge on any atom is -0.367 e. The number of H-pyrrole nitrogens is 1. The van der Waals surface area contributed by atoms with Crippen LogP contribution in [0.25, 0.3) is 0 Å². The van der Waals surface area contributed by atoms with Crippen molar-refractivity contribution in [3.63, 3.8) is 0 Å². The molecular weight excluding hydrogens is 128 g/mol. The maximum absolute atomic E-state index is 4.18. The van der Waals surface area contributed by atoms with Gasteiger partial charge in [0.25, 0.3) is 0 Å². The van der Waals surface area contributed by atoms with Crippen molar-refractivity contribution in [2.75, 3.05) is 13.1 Å². The average Bonchev–Trinajstić information content (AvgIpc) is 2.59. The van der Waals surface area contributed by atoms with E-state index in [2.05, 4.69) is 26.6 Å². The van der Waals surface area contributed by atoms with Crippen LogP contribution in [0.3, 0.4) is 0 Å². The van der Waals surface area contributed by atoms with Crippen molar-refractivity contribution in [2.24, 2.45) is 4.99 Å². The lowest BCUT2D eigenvalue weighted by Crippen LogP contribution is -2.19. The van der Waals surface area contributed by atoms with Crippen molar-refractivity contribution in [3.05, 3.63) is 18.2 Å². The van der Waals surface area contributed by atoms with E-state index < -0.39 is 0 Å². The predicted octanol–water partition coefficient (Wildman–Crippen LogP) is -0.440. The summed E-state index contributed by atoms with van der Waals surface area (Å²) < 4.78 is 0. The second kappa shape index (κ2) is 2.13. The number of nitrogens with one attached hydrogen (secondary N) is 2. The number of imidazole rings is 1. The number of aliphatic imine (C=N–C) groups is 1. The molecule has 4 heteroatoms. The number of aromatic nitrogens is 2. The molecule has 0 aromatic carbocycles. The van der Waals surface area contributed by atoms with Crippen LogP contribution in [0.1, 0.15) is 5.69 Å². The number of hydrogen-bond donors (Lipinski definition) is 2. The minimum absolute atomic E-state index is 0.845. The van der Waals surface area contributed by atoms with Gasteiger partial charge in [-0.2, -0.15) is 0 Å². The van der Waals surface area contributed by atoms with E-state index in [1.807, 2.05) is 0 Å². The second-order valence-electron chi connectivity index (χ2n) is 2.05. The third-order valence-electron chi connectivity index (χ3n) is 1.37. The predicted molar refractivity (Wildman–Crippen MR) is 36.8 cm³/mol. The molecule has 2 heterocycles. The zero-order valence-corrected chi connectivity index (χ0v) is 5.39. The average molecular weight is 135 g/mol. The van der Waals surface area contributed by atoms with E-state index in [-0.39, 0.29) is 0 Å². The topological polar surface area (TPSA) is 53.1 Å². The van der Waals surface area contributed by atoms with Crippen LogP contribution in [0.2, 0.25) is 0 Å². The molecule has 10 heavy (non-hydrogen) atoms. The van der Waals surface area contributed by atoms with E-state index in [4.69, 9.17) is 0 Å². The summed E-state index contributed by atoms with van der Waals surface area (Å²) in [6, 6.07) is 0. The van der Waals surface area contributed by atoms with Gasteiger partial charge in [-0.3, -0.25) is 4.99 Å². The first-order chi connectivity index (χ1) is 4.97. The molecule has 2 rings (SSSR count). The van der Waals surface area contributed by atoms with Crippen LogP contribution in [0.15, 0.2) is 11.2 Å². The Labute approximate surface area is 58.4 Å². The molecule has 0 spiro atoms. The van der Waals surface area contributed by atoms with Gasteiger partial charge in [0.2, 0.25) is 0 Å². The highest BCUT2D eigenvalue weighted by atomic mass is 15.1. The molecule has 1 aliphatic rings. The smallest absolute Gasteiger partial charge is 0.174 e. The Bertz CT molecular complexity index is 236. The van der Waals surface area contributed by atoms with Crippen molar-refractivity contribution in [1.82, 2.24) is 15.3 Å². The van der Waals surface area contributed by atoms with Gasteiger partial charge in [-0.25, -0.2) is 4.98 Å². The van der Waals surface area contributed by atoms with Crippen molar-refractivity contribution in [3.8, 4) is 0 Å². The summed E-state index contributed by atoms with van der Waals surface area (Å²) in [6.07, 6.45) is 4.39. The van der Waals surface area contributed by atoms with E-state index >= 15 is 0 Å². The highest BCUT2D eigenvalue weighted by molar-refractivity contribution is 5.97. The summed E-state index contributed by atoms with van der Waals surface area (Å²) in [7, 11) is 0. The SMILES string of the molecule is [c]1nc(C2=NCCN2)c[nH]1. The van der Waals surface area contributed by atoms with Gasteiger partial charge in [0.15, 0.2) is 6.33 Å². The molecule has 1 aliphatic heterocycles. The fraction of sp³-hybridized carbons (Fsp3) is 0.333. The van der Waals surface area contributed by atoms with Crippen molar-refractivity contribution < 1.29 is 0 Å². The van der Waals surface area contributed by atoms with Crippen LogP contribution in [-0.4, -0.2) is 28.9 Å². The fourth-order valence-corrected chi connectivity index (χ4v) is 0.916.